The predicted octanol–water partition coefficient (Wildman–Crippen LogP) is 4.38. The molecule has 0 bridgehead atoms. The second kappa shape index (κ2) is 6.00. The summed E-state index contributed by atoms with van der Waals surface area (Å²) in [6, 6.07) is 20.2. The number of carbonyl (C=O) groups is 1. The Morgan fingerprint density at radius 2 is 1.83 bits per heavy atom. The van der Waals surface area contributed by atoms with Gasteiger partial charge in [-0.05, 0) is 42.2 Å². The zero-order valence-corrected chi connectivity index (χ0v) is 13.6. The van der Waals surface area contributed by atoms with E-state index < -0.39 is 0 Å². The van der Waals surface area contributed by atoms with Crippen LogP contribution < -0.4 is 0 Å². The summed E-state index contributed by atoms with van der Waals surface area (Å²) in [6.45, 7) is 2.76. The van der Waals surface area contributed by atoms with Crippen molar-refractivity contribution in [2.45, 2.75) is 19.4 Å². The van der Waals surface area contributed by atoms with Gasteiger partial charge in [0.15, 0.2) is 5.76 Å². The van der Waals surface area contributed by atoms with Crippen LogP contribution in [0.3, 0.4) is 0 Å². The average Bonchev–Trinajstić information content (AvgIpc) is 3.16. The molecule has 3 nitrogen and oxygen atoms in total. The molecule has 0 unspecified atom stereocenters. The first kappa shape index (κ1) is 14.8. The lowest BCUT2D eigenvalue weighted by Gasteiger charge is -2.37. The van der Waals surface area contributed by atoms with E-state index in [0.717, 1.165) is 12.0 Å². The molecule has 4 rings (SSSR count). The number of carbonyl (C=O) groups excluding carboxylic acids is 1. The molecule has 120 valence electrons. The quantitative estimate of drug-likeness (QED) is 0.703. The van der Waals surface area contributed by atoms with Crippen LogP contribution in [0.15, 0.2) is 71.3 Å². The summed E-state index contributed by atoms with van der Waals surface area (Å²) in [5.41, 5.74) is 4.86. The topological polar surface area (TPSA) is 33.5 Å². The maximum absolute atomic E-state index is 13.0. The highest BCUT2D eigenvalue weighted by Gasteiger charge is 2.33. The SMILES string of the molecule is Cc1ccc([C@@H]2c3ccccc3CCN2C(=O)c2ccco2)cc1. The molecule has 0 saturated carbocycles. The van der Waals surface area contributed by atoms with E-state index in [1.165, 1.54) is 16.7 Å². The summed E-state index contributed by atoms with van der Waals surface area (Å²) in [5, 5.41) is 0. The van der Waals surface area contributed by atoms with E-state index in [2.05, 4.69) is 49.4 Å². The van der Waals surface area contributed by atoms with Crippen LogP contribution in [0.25, 0.3) is 0 Å². The molecule has 0 spiro atoms. The van der Waals surface area contributed by atoms with Gasteiger partial charge in [-0.2, -0.15) is 0 Å². The van der Waals surface area contributed by atoms with E-state index >= 15 is 0 Å². The van der Waals surface area contributed by atoms with Gasteiger partial charge in [-0.15, -0.1) is 0 Å². The van der Waals surface area contributed by atoms with Gasteiger partial charge in [-0.1, -0.05) is 54.1 Å². The van der Waals surface area contributed by atoms with E-state index in [-0.39, 0.29) is 11.9 Å². The molecule has 24 heavy (non-hydrogen) atoms. The Morgan fingerprint density at radius 3 is 2.58 bits per heavy atom. The first-order valence-electron chi connectivity index (χ1n) is 8.23. The van der Waals surface area contributed by atoms with Crippen LogP contribution in [0.2, 0.25) is 0 Å². The lowest BCUT2D eigenvalue weighted by molar-refractivity contribution is 0.0662. The fourth-order valence-corrected chi connectivity index (χ4v) is 3.44. The van der Waals surface area contributed by atoms with Crippen LogP contribution in [0.4, 0.5) is 0 Å². The minimum atomic E-state index is -0.0758. The van der Waals surface area contributed by atoms with E-state index in [1.54, 1.807) is 18.4 Å². The normalized spacial score (nSPS) is 16.7. The van der Waals surface area contributed by atoms with E-state index in [0.29, 0.717) is 12.3 Å². The Morgan fingerprint density at radius 1 is 1.04 bits per heavy atom. The molecule has 2 heterocycles. The third kappa shape index (κ3) is 2.52. The van der Waals surface area contributed by atoms with Gasteiger partial charge in [0.25, 0.3) is 5.91 Å². The molecule has 1 aromatic heterocycles. The number of furan rings is 1. The van der Waals surface area contributed by atoms with Gasteiger partial charge in [0.05, 0.1) is 12.3 Å². The Hall–Kier alpha value is -2.81. The van der Waals surface area contributed by atoms with Crippen LogP contribution >= 0.6 is 0 Å². The second-order valence-corrected chi connectivity index (χ2v) is 6.24. The number of fused-ring (bicyclic) bond motifs is 1. The highest BCUT2D eigenvalue weighted by atomic mass is 16.3. The van der Waals surface area contributed by atoms with Crippen molar-refractivity contribution in [2.24, 2.45) is 0 Å². The monoisotopic (exact) mass is 317 g/mol. The second-order valence-electron chi connectivity index (χ2n) is 6.24. The first-order valence-corrected chi connectivity index (χ1v) is 8.23. The summed E-state index contributed by atoms with van der Waals surface area (Å²) in [6.07, 6.45) is 2.41. The Kier molecular flexibility index (Phi) is 3.69. The molecule has 0 aliphatic carbocycles. The summed E-state index contributed by atoms with van der Waals surface area (Å²) in [5.74, 6) is 0.339. The van der Waals surface area contributed by atoms with Gasteiger partial charge in [-0.3, -0.25) is 4.79 Å². The van der Waals surface area contributed by atoms with Gasteiger partial charge in [0.2, 0.25) is 0 Å². The van der Waals surface area contributed by atoms with Gasteiger partial charge < -0.3 is 9.32 Å². The Labute approximate surface area is 141 Å². The van der Waals surface area contributed by atoms with Crippen molar-refractivity contribution in [3.63, 3.8) is 0 Å². The average molecular weight is 317 g/mol. The van der Waals surface area contributed by atoms with E-state index in [4.69, 9.17) is 4.42 Å². The van der Waals surface area contributed by atoms with Crippen LogP contribution in [0.5, 0.6) is 0 Å². The minimum Gasteiger partial charge on any atom is -0.459 e. The van der Waals surface area contributed by atoms with Gasteiger partial charge in [0, 0.05) is 6.54 Å². The molecular formula is C21H19NO2. The molecule has 0 radical (unpaired) electrons. The molecule has 3 heteroatoms. The molecular weight excluding hydrogens is 298 g/mol. The van der Waals surface area contributed by atoms with Crippen molar-refractivity contribution >= 4 is 5.91 Å². The molecule has 1 atom stereocenters. The zero-order chi connectivity index (χ0) is 16.5. The third-order valence-corrected chi connectivity index (χ3v) is 4.67. The van der Waals surface area contributed by atoms with E-state index in [9.17, 15) is 4.79 Å². The van der Waals surface area contributed by atoms with Gasteiger partial charge >= 0.3 is 0 Å². The van der Waals surface area contributed by atoms with Crippen molar-refractivity contribution in [3.05, 3.63) is 94.9 Å². The summed E-state index contributed by atoms with van der Waals surface area (Å²) in [7, 11) is 0. The standard InChI is InChI=1S/C21H19NO2/c1-15-8-10-17(11-9-15)20-18-6-3-2-5-16(18)12-13-22(20)21(23)19-7-4-14-24-19/h2-11,14,20H,12-13H2,1H3/t20-/m1/s1. The largest absolute Gasteiger partial charge is 0.459 e. The number of aryl methyl sites for hydroxylation is 1. The fourth-order valence-electron chi connectivity index (χ4n) is 3.44. The highest BCUT2D eigenvalue weighted by molar-refractivity contribution is 5.92. The third-order valence-electron chi connectivity index (χ3n) is 4.67. The van der Waals surface area contributed by atoms with Gasteiger partial charge in [0.1, 0.15) is 0 Å². The predicted molar refractivity (Wildman–Crippen MR) is 92.9 cm³/mol. The zero-order valence-electron chi connectivity index (χ0n) is 13.6. The van der Waals surface area contributed by atoms with Crippen molar-refractivity contribution in [2.75, 3.05) is 6.54 Å². The first-order chi connectivity index (χ1) is 11.7. The summed E-state index contributed by atoms with van der Waals surface area (Å²) < 4.78 is 5.35. The van der Waals surface area contributed by atoms with Crippen molar-refractivity contribution < 1.29 is 9.21 Å². The van der Waals surface area contributed by atoms with Crippen LogP contribution in [-0.4, -0.2) is 17.4 Å². The molecule has 0 N–H and O–H groups in total. The number of nitrogens with zero attached hydrogens (tertiary/aromatic N) is 1. The molecule has 0 saturated heterocycles. The number of benzene rings is 2. The number of rotatable bonds is 2. The molecule has 1 aliphatic heterocycles. The smallest absolute Gasteiger partial charge is 0.290 e. The van der Waals surface area contributed by atoms with Gasteiger partial charge in [-0.25, -0.2) is 0 Å². The number of hydrogen-bond donors (Lipinski definition) is 0. The number of amides is 1. The van der Waals surface area contributed by atoms with Crippen LogP contribution in [-0.2, 0) is 6.42 Å². The molecule has 1 aliphatic rings. The molecule has 0 fully saturated rings. The van der Waals surface area contributed by atoms with Crippen molar-refractivity contribution in [1.29, 1.82) is 0 Å². The van der Waals surface area contributed by atoms with Crippen molar-refractivity contribution in [1.82, 2.24) is 4.90 Å². The number of hydrogen-bond acceptors (Lipinski definition) is 2. The van der Waals surface area contributed by atoms with Crippen LogP contribution in [0, 0.1) is 6.92 Å². The summed E-state index contributed by atoms with van der Waals surface area (Å²) >= 11 is 0. The maximum Gasteiger partial charge on any atom is 0.290 e. The minimum absolute atomic E-state index is 0.0555. The fraction of sp³-hybridized carbons (Fsp3) is 0.190. The van der Waals surface area contributed by atoms with Crippen molar-refractivity contribution in [3.8, 4) is 0 Å². The summed E-state index contributed by atoms with van der Waals surface area (Å²) in [4.78, 5) is 14.9. The van der Waals surface area contributed by atoms with Crippen LogP contribution in [0.1, 0.15) is 38.9 Å². The maximum atomic E-state index is 13.0. The molecule has 1 amide bonds. The highest BCUT2D eigenvalue weighted by Crippen LogP contribution is 2.36. The Balaban J connectivity index is 1.81. The lowest BCUT2D eigenvalue weighted by Crippen LogP contribution is -2.40. The van der Waals surface area contributed by atoms with E-state index in [1.807, 2.05) is 11.0 Å². The molecule has 2 aromatic carbocycles. The Bertz CT molecular complexity index is 850. The lowest BCUT2D eigenvalue weighted by atomic mass is 9.87. The molecule has 3 aromatic rings.